The molecule has 0 amide bonds. The maximum Gasteiger partial charge on any atom is 0.140 e. The highest BCUT2D eigenvalue weighted by Gasteiger charge is 2.34. The molecule has 0 unspecified atom stereocenters. The van der Waals surface area contributed by atoms with E-state index in [9.17, 15) is 4.79 Å². The lowest BCUT2D eigenvalue weighted by atomic mass is 9.74. The van der Waals surface area contributed by atoms with Gasteiger partial charge in [-0.05, 0) is 32.3 Å². The Morgan fingerprint density at radius 3 is 2.80 bits per heavy atom. The highest BCUT2D eigenvalue weighted by Crippen LogP contribution is 2.32. The highest BCUT2D eigenvalue weighted by atomic mass is 16.1. The number of benzene rings is 1. The summed E-state index contributed by atoms with van der Waals surface area (Å²) in [5, 5.41) is 5.66. The number of carbonyl (C=O) groups is 1. The van der Waals surface area contributed by atoms with Gasteiger partial charge in [0.15, 0.2) is 0 Å². The van der Waals surface area contributed by atoms with Crippen LogP contribution in [0.4, 0.5) is 0 Å². The molecule has 0 spiro atoms. The Balaban J connectivity index is 1.82. The summed E-state index contributed by atoms with van der Waals surface area (Å²) in [4.78, 5) is 12.2. The molecule has 20 heavy (non-hydrogen) atoms. The molecule has 0 atom stereocenters. The van der Waals surface area contributed by atoms with Crippen LogP contribution in [-0.2, 0) is 17.8 Å². The summed E-state index contributed by atoms with van der Waals surface area (Å²) in [6.45, 7) is 2.88. The summed E-state index contributed by atoms with van der Waals surface area (Å²) < 4.78 is 1.96. The van der Waals surface area contributed by atoms with E-state index in [4.69, 9.17) is 5.73 Å². The molecule has 1 aromatic heterocycles. The predicted molar refractivity (Wildman–Crippen MR) is 79.5 cm³/mol. The maximum atomic E-state index is 12.2. The van der Waals surface area contributed by atoms with Crippen molar-refractivity contribution in [3.8, 4) is 0 Å². The minimum absolute atomic E-state index is 0.207. The van der Waals surface area contributed by atoms with E-state index in [1.807, 2.05) is 22.9 Å². The van der Waals surface area contributed by atoms with Crippen LogP contribution in [0.15, 0.2) is 24.3 Å². The van der Waals surface area contributed by atoms with E-state index in [0.717, 1.165) is 42.4 Å². The standard InChI is InChI=1S/C16H21N3O/c1-2-19-15-7-4-3-6-13(15)14(18-19)10-12(20)11-16(17)8-5-9-16/h3-4,6-7H,2,5,8-11,17H2,1H3. The first-order valence-electron chi connectivity index (χ1n) is 7.36. The smallest absolute Gasteiger partial charge is 0.140 e. The number of aryl methyl sites for hydroxylation is 1. The van der Waals surface area contributed by atoms with Crippen molar-refractivity contribution in [3.05, 3.63) is 30.0 Å². The summed E-state index contributed by atoms with van der Waals surface area (Å²) in [6.07, 6.45) is 3.98. The zero-order chi connectivity index (χ0) is 14.2. The summed E-state index contributed by atoms with van der Waals surface area (Å²) in [7, 11) is 0. The average molecular weight is 271 g/mol. The van der Waals surface area contributed by atoms with Crippen LogP contribution in [0.3, 0.4) is 0 Å². The minimum atomic E-state index is -0.236. The predicted octanol–water partition coefficient (Wildman–Crippen LogP) is 2.44. The minimum Gasteiger partial charge on any atom is -0.325 e. The zero-order valence-corrected chi connectivity index (χ0v) is 11.9. The van der Waals surface area contributed by atoms with Crippen LogP contribution in [0.1, 0.15) is 38.3 Å². The molecule has 0 bridgehead atoms. The molecule has 4 heteroatoms. The first-order valence-corrected chi connectivity index (χ1v) is 7.36. The molecular weight excluding hydrogens is 250 g/mol. The van der Waals surface area contributed by atoms with Crippen molar-refractivity contribution in [3.63, 3.8) is 0 Å². The largest absolute Gasteiger partial charge is 0.325 e. The first kappa shape index (κ1) is 13.3. The fourth-order valence-electron chi connectivity index (χ4n) is 3.02. The molecule has 1 fully saturated rings. The van der Waals surface area contributed by atoms with Crippen LogP contribution in [-0.4, -0.2) is 21.1 Å². The van der Waals surface area contributed by atoms with E-state index in [-0.39, 0.29) is 11.3 Å². The van der Waals surface area contributed by atoms with E-state index in [1.165, 1.54) is 0 Å². The SMILES string of the molecule is CCn1nc(CC(=O)CC2(N)CCC2)c2ccccc21. The Hall–Kier alpha value is -1.68. The van der Waals surface area contributed by atoms with Gasteiger partial charge in [0.1, 0.15) is 5.78 Å². The lowest BCUT2D eigenvalue weighted by Crippen LogP contribution is -2.48. The molecule has 1 saturated carbocycles. The van der Waals surface area contributed by atoms with E-state index >= 15 is 0 Å². The van der Waals surface area contributed by atoms with Crippen LogP contribution in [0.25, 0.3) is 10.9 Å². The molecule has 3 rings (SSSR count). The quantitative estimate of drug-likeness (QED) is 0.908. The number of rotatable bonds is 5. The van der Waals surface area contributed by atoms with Crippen molar-refractivity contribution in [2.45, 2.75) is 51.1 Å². The monoisotopic (exact) mass is 271 g/mol. The Labute approximate surface area is 119 Å². The van der Waals surface area contributed by atoms with Gasteiger partial charge >= 0.3 is 0 Å². The maximum absolute atomic E-state index is 12.2. The van der Waals surface area contributed by atoms with Crippen molar-refractivity contribution in [2.24, 2.45) is 5.73 Å². The van der Waals surface area contributed by atoms with Gasteiger partial charge in [-0.15, -0.1) is 0 Å². The van der Waals surface area contributed by atoms with Crippen LogP contribution in [0.5, 0.6) is 0 Å². The molecule has 1 heterocycles. The van der Waals surface area contributed by atoms with Crippen LogP contribution < -0.4 is 5.73 Å². The average Bonchev–Trinajstić information content (AvgIpc) is 2.75. The summed E-state index contributed by atoms with van der Waals surface area (Å²) in [6, 6.07) is 8.09. The number of nitrogens with zero attached hydrogens (tertiary/aromatic N) is 2. The fraction of sp³-hybridized carbons (Fsp3) is 0.500. The molecule has 0 aliphatic heterocycles. The van der Waals surface area contributed by atoms with Gasteiger partial charge in [-0.3, -0.25) is 9.48 Å². The normalized spacial score (nSPS) is 17.1. The van der Waals surface area contributed by atoms with Gasteiger partial charge in [-0.1, -0.05) is 18.2 Å². The van der Waals surface area contributed by atoms with E-state index in [0.29, 0.717) is 12.8 Å². The van der Waals surface area contributed by atoms with Gasteiger partial charge in [0.05, 0.1) is 17.6 Å². The van der Waals surface area contributed by atoms with Crippen LogP contribution in [0.2, 0.25) is 0 Å². The van der Waals surface area contributed by atoms with Crippen LogP contribution >= 0.6 is 0 Å². The van der Waals surface area contributed by atoms with Gasteiger partial charge in [0.25, 0.3) is 0 Å². The van der Waals surface area contributed by atoms with Gasteiger partial charge in [-0.25, -0.2) is 0 Å². The molecule has 0 radical (unpaired) electrons. The van der Waals surface area contributed by atoms with Crippen molar-refractivity contribution >= 4 is 16.7 Å². The number of carbonyl (C=O) groups excluding carboxylic acids is 1. The number of ketones is 1. The fourth-order valence-corrected chi connectivity index (χ4v) is 3.02. The van der Waals surface area contributed by atoms with Crippen molar-refractivity contribution in [2.75, 3.05) is 0 Å². The second kappa shape index (κ2) is 5.02. The molecule has 1 aliphatic carbocycles. The summed E-state index contributed by atoms with van der Waals surface area (Å²) in [5.74, 6) is 0.207. The van der Waals surface area contributed by atoms with Crippen molar-refractivity contribution in [1.29, 1.82) is 0 Å². The third kappa shape index (κ3) is 2.36. The second-order valence-electron chi connectivity index (χ2n) is 5.89. The third-order valence-corrected chi connectivity index (χ3v) is 4.30. The topological polar surface area (TPSA) is 60.9 Å². The molecule has 1 aromatic carbocycles. The molecule has 1 aliphatic rings. The number of hydrogen-bond donors (Lipinski definition) is 1. The second-order valence-corrected chi connectivity index (χ2v) is 5.89. The number of hydrogen-bond acceptors (Lipinski definition) is 3. The zero-order valence-electron chi connectivity index (χ0n) is 11.9. The Morgan fingerprint density at radius 1 is 1.40 bits per heavy atom. The number of para-hydroxylation sites is 1. The highest BCUT2D eigenvalue weighted by molar-refractivity contribution is 5.89. The van der Waals surface area contributed by atoms with Crippen molar-refractivity contribution in [1.82, 2.24) is 9.78 Å². The van der Waals surface area contributed by atoms with E-state index in [2.05, 4.69) is 18.1 Å². The summed E-state index contributed by atoms with van der Waals surface area (Å²) >= 11 is 0. The Kier molecular flexibility index (Phi) is 3.34. The molecule has 4 nitrogen and oxygen atoms in total. The third-order valence-electron chi connectivity index (χ3n) is 4.30. The Morgan fingerprint density at radius 2 is 2.15 bits per heavy atom. The molecule has 106 valence electrons. The number of Topliss-reactive ketones (excluding diaryl/α,β-unsaturated/α-hetero) is 1. The van der Waals surface area contributed by atoms with Gasteiger partial charge in [-0.2, -0.15) is 5.10 Å². The van der Waals surface area contributed by atoms with Gasteiger partial charge < -0.3 is 5.73 Å². The lowest BCUT2D eigenvalue weighted by Gasteiger charge is -2.37. The van der Waals surface area contributed by atoms with Gasteiger partial charge in [0.2, 0.25) is 0 Å². The van der Waals surface area contributed by atoms with Crippen LogP contribution in [0, 0.1) is 0 Å². The van der Waals surface area contributed by atoms with E-state index in [1.54, 1.807) is 0 Å². The molecule has 2 aromatic rings. The molecule has 0 saturated heterocycles. The number of nitrogens with two attached hydrogens (primary N) is 1. The number of aromatic nitrogens is 2. The Bertz CT molecular complexity index is 640. The number of fused-ring (bicyclic) bond motifs is 1. The van der Waals surface area contributed by atoms with E-state index < -0.39 is 0 Å². The lowest BCUT2D eigenvalue weighted by molar-refractivity contribution is -0.120. The van der Waals surface area contributed by atoms with Gasteiger partial charge in [0, 0.05) is 23.9 Å². The molecular formula is C16H21N3O. The summed E-state index contributed by atoms with van der Waals surface area (Å²) in [5.41, 5.74) is 7.90. The molecule has 2 N–H and O–H groups in total. The van der Waals surface area contributed by atoms with Crippen molar-refractivity contribution < 1.29 is 4.79 Å². The first-order chi connectivity index (χ1) is 9.61.